The summed E-state index contributed by atoms with van der Waals surface area (Å²) in [6.45, 7) is 2.72. The first-order valence-corrected chi connectivity index (χ1v) is 6.94. The molecule has 0 atom stereocenters. The monoisotopic (exact) mass is 286 g/mol. The largest absolute Gasteiger partial charge is 0.452 e. The highest BCUT2D eigenvalue weighted by Crippen LogP contribution is 2.21. The molecule has 1 aliphatic rings. The summed E-state index contributed by atoms with van der Waals surface area (Å²) in [7, 11) is 0. The van der Waals surface area contributed by atoms with Crippen LogP contribution in [-0.2, 0) is 4.74 Å². The van der Waals surface area contributed by atoms with Crippen molar-refractivity contribution in [2.45, 2.75) is 25.4 Å². The maximum absolute atomic E-state index is 12.2. The van der Waals surface area contributed by atoms with Gasteiger partial charge in [-0.3, -0.25) is 4.79 Å². The first kappa shape index (κ1) is 14.4. The Bertz CT molecular complexity index is 414. The minimum Gasteiger partial charge on any atom is -0.452 e. The lowest BCUT2D eigenvalue weighted by atomic mass is 10.1. The molecule has 2 rings (SSSR count). The van der Waals surface area contributed by atoms with Crippen molar-refractivity contribution < 1.29 is 13.9 Å². The van der Waals surface area contributed by atoms with Gasteiger partial charge in [0.05, 0.1) is 17.9 Å². The van der Waals surface area contributed by atoms with Gasteiger partial charge < -0.3 is 19.8 Å². The number of hydrogen-bond acceptors (Lipinski definition) is 4. The van der Waals surface area contributed by atoms with Crippen molar-refractivity contribution in [1.29, 1.82) is 0 Å². The van der Waals surface area contributed by atoms with Gasteiger partial charge in [-0.15, -0.1) is 0 Å². The summed E-state index contributed by atoms with van der Waals surface area (Å²) in [5.41, 5.74) is 5.85. The highest BCUT2D eigenvalue weighted by molar-refractivity contribution is 6.32. The van der Waals surface area contributed by atoms with E-state index in [-0.39, 0.29) is 17.2 Å². The van der Waals surface area contributed by atoms with Gasteiger partial charge in [0, 0.05) is 19.7 Å². The van der Waals surface area contributed by atoms with Gasteiger partial charge in [-0.1, -0.05) is 0 Å². The molecule has 1 aliphatic heterocycles. The van der Waals surface area contributed by atoms with Crippen LogP contribution in [0.2, 0.25) is 5.22 Å². The zero-order valence-electron chi connectivity index (χ0n) is 10.8. The van der Waals surface area contributed by atoms with Crippen LogP contribution in [-0.4, -0.2) is 43.2 Å². The molecule has 1 fully saturated rings. The van der Waals surface area contributed by atoms with Crippen LogP contribution < -0.4 is 5.73 Å². The van der Waals surface area contributed by atoms with Crippen molar-refractivity contribution in [3.8, 4) is 0 Å². The van der Waals surface area contributed by atoms with Crippen LogP contribution in [0, 0.1) is 0 Å². The third-order valence-electron chi connectivity index (χ3n) is 3.28. The first-order chi connectivity index (χ1) is 9.22. The molecule has 1 amide bonds. The molecule has 5 nitrogen and oxygen atoms in total. The molecule has 2 heterocycles. The maximum atomic E-state index is 12.2. The van der Waals surface area contributed by atoms with Crippen molar-refractivity contribution in [1.82, 2.24) is 4.90 Å². The summed E-state index contributed by atoms with van der Waals surface area (Å²) in [6, 6.07) is 1.61. The average molecular weight is 287 g/mol. The van der Waals surface area contributed by atoms with Crippen molar-refractivity contribution in [3.63, 3.8) is 0 Å². The Morgan fingerprint density at radius 3 is 2.84 bits per heavy atom. The second kappa shape index (κ2) is 6.93. The molecule has 1 aromatic rings. The second-order valence-electron chi connectivity index (χ2n) is 4.61. The van der Waals surface area contributed by atoms with Crippen LogP contribution in [0.3, 0.4) is 0 Å². The molecule has 0 spiro atoms. The van der Waals surface area contributed by atoms with Gasteiger partial charge >= 0.3 is 0 Å². The molecular weight excluding hydrogens is 268 g/mol. The Morgan fingerprint density at radius 1 is 1.53 bits per heavy atom. The molecule has 0 aliphatic carbocycles. The van der Waals surface area contributed by atoms with Crippen LogP contribution in [0.1, 0.15) is 29.6 Å². The maximum Gasteiger partial charge on any atom is 0.258 e. The van der Waals surface area contributed by atoms with Gasteiger partial charge in [0.2, 0.25) is 5.22 Å². The minimum atomic E-state index is -0.0702. The van der Waals surface area contributed by atoms with Gasteiger partial charge in [-0.25, -0.2) is 0 Å². The van der Waals surface area contributed by atoms with Gasteiger partial charge in [0.15, 0.2) is 0 Å². The Morgan fingerprint density at radius 2 is 2.26 bits per heavy atom. The molecule has 106 valence electrons. The van der Waals surface area contributed by atoms with E-state index < -0.39 is 0 Å². The Labute approximate surface area is 117 Å². The summed E-state index contributed by atoms with van der Waals surface area (Å²) < 4.78 is 10.6. The third-order valence-corrected chi connectivity index (χ3v) is 3.57. The SMILES string of the molecule is NCCCOC1CCN(C(=O)c2ccoc2Cl)CC1. The number of furan rings is 1. The topological polar surface area (TPSA) is 68.7 Å². The average Bonchev–Trinajstić information content (AvgIpc) is 2.85. The van der Waals surface area contributed by atoms with E-state index in [9.17, 15) is 4.79 Å². The summed E-state index contributed by atoms with van der Waals surface area (Å²) in [4.78, 5) is 14.0. The van der Waals surface area contributed by atoms with E-state index in [1.807, 2.05) is 0 Å². The molecule has 0 radical (unpaired) electrons. The van der Waals surface area contributed by atoms with Crippen molar-refractivity contribution in [3.05, 3.63) is 23.1 Å². The summed E-state index contributed by atoms with van der Waals surface area (Å²) >= 11 is 5.82. The molecule has 0 unspecified atom stereocenters. The fraction of sp³-hybridized carbons (Fsp3) is 0.615. The molecule has 0 bridgehead atoms. The summed E-state index contributed by atoms with van der Waals surface area (Å²) in [5, 5.41) is 0.159. The van der Waals surface area contributed by atoms with Gasteiger partial charge in [0.25, 0.3) is 5.91 Å². The number of amides is 1. The lowest BCUT2D eigenvalue weighted by Crippen LogP contribution is -2.41. The highest BCUT2D eigenvalue weighted by Gasteiger charge is 2.26. The van der Waals surface area contributed by atoms with Crippen LogP contribution >= 0.6 is 11.6 Å². The summed E-state index contributed by atoms with van der Waals surface area (Å²) in [5.74, 6) is -0.0702. The van der Waals surface area contributed by atoms with Gasteiger partial charge in [-0.05, 0) is 43.5 Å². The second-order valence-corrected chi connectivity index (χ2v) is 4.96. The van der Waals surface area contributed by atoms with Crippen molar-refractivity contribution in [2.24, 2.45) is 5.73 Å². The fourth-order valence-corrected chi connectivity index (χ4v) is 2.37. The molecule has 1 aromatic heterocycles. The molecular formula is C13H19ClN2O3. The number of hydrogen-bond donors (Lipinski definition) is 1. The fourth-order valence-electron chi connectivity index (χ4n) is 2.18. The number of carbonyl (C=O) groups excluding carboxylic acids is 1. The molecule has 2 N–H and O–H groups in total. The molecule has 19 heavy (non-hydrogen) atoms. The quantitative estimate of drug-likeness (QED) is 0.840. The number of halogens is 1. The number of nitrogens with two attached hydrogens (primary N) is 1. The predicted octanol–water partition coefficient (Wildman–Crippen LogP) is 1.90. The van der Waals surface area contributed by atoms with E-state index in [2.05, 4.69) is 0 Å². The zero-order valence-corrected chi connectivity index (χ0v) is 11.6. The van der Waals surface area contributed by atoms with Crippen LogP contribution in [0.4, 0.5) is 0 Å². The van der Waals surface area contributed by atoms with E-state index in [1.165, 1.54) is 6.26 Å². The number of rotatable bonds is 5. The molecule has 6 heteroatoms. The molecule has 1 saturated heterocycles. The van der Waals surface area contributed by atoms with Crippen molar-refractivity contribution >= 4 is 17.5 Å². The number of likely N-dealkylation sites (tertiary alicyclic amines) is 1. The number of piperidine rings is 1. The van der Waals surface area contributed by atoms with Gasteiger partial charge in [-0.2, -0.15) is 0 Å². The Balaban J connectivity index is 1.80. The summed E-state index contributed by atoms with van der Waals surface area (Å²) in [6.07, 6.45) is 4.25. The van der Waals surface area contributed by atoms with E-state index in [0.717, 1.165) is 19.3 Å². The van der Waals surface area contributed by atoms with E-state index >= 15 is 0 Å². The standard InChI is InChI=1S/C13H19ClN2O3/c14-12-11(4-9-19-12)13(17)16-6-2-10(3-7-16)18-8-1-5-15/h4,9-10H,1-3,5-8,15H2. The van der Waals surface area contributed by atoms with E-state index in [0.29, 0.717) is 31.8 Å². The number of nitrogens with zero attached hydrogens (tertiary/aromatic N) is 1. The smallest absolute Gasteiger partial charge is 0.258 e. The lowest BCUT2D eigenvalue weighted by Gasteiger charge is -2.31. The first-order valence-electron chi connectivity index (χ1n) is 6.56. The normalized spacial score (nSPS) is 16.8. The molecule has 0 saturated carbocycles. The minimum absolute atomic E-state index is 0.0702. The molecule has 0 aromatic carbocycles. The van der Waals surface area contributed by atoms with E-state index in [4.69, 9.17) is 26.5 Å². The van der Waals surface area contributed by atoms with E-state index in [1.54, 1.807) is 11.0 Å². The zero-order chi connectivity index (χ0) is 13.7. The van der Waals surface area contributed by atoms with Crippen LogP contribution in [0.15, 0.2) is 16.7 Å². The lowest BCUT2D eigenvalue weighted by molar-refractivity contribution is 0.00844. The van der Waals surface area contributed by atoms with Gasteiger partial charge in [0.1, 0.15) is 0 Å². The van der Waals surface area contributed by atoms with Crippen LogP contribution in [0.5, 0.6) is 0 Å². The highest BCUT2D eigenvalue weighted by atomic mass is 35.5. The number of carbonyl (C=O) groups is 1. The predicted molar refractivity (Wildman–Crippen MR) is 72.3 cm³/mol. The van der Waals surface area contributed by atoms with Crippen LogP contribution in [0.25, 0.3) is 0 Å². The Hall–Kier alpha value is -1.04. The number of ether oxygens (including phenoxy) is 1. The third kappa shape index (κ3) is 3.72. The Kier molecular flexibility index (Phi) is 5.24. The van der Waals surface area contributed by atoms with Crippen molar-refractivity contribution in [2.75, 3.05) is 26.2 Å².